The first-order valence-electron chi connectivity index (χ1n) is 8.79. The molecular formula is C18H21N5O5. The lowest BCUT2D eigenvalue weighted by Gasteiger charge is -2.19. The predicted octanol–water partition coefficient (Wildman–Crippen LogP) is 0.192. The maximum absolute atomic E-state index is 12.0. The van der Waals surface area contributed by atoms with Crippen molar-refractivity contribution in [3.05, 3.63) is 52.6 Å². The number of nitrogens with one attached hydrogen (secondary N) is 1. The summed E-state index contributed by atoms with van der Waals surface area (Å²) >= 11 is 0. The lowest BCUT2D eigenvalue weighted by atomic mass is 10.1. The number of nitrogen functional groups attached to an aromatic ring is 1. The van der Waals surface area contributed by atoms with Gasteiger partial charge in [-0.3, -0.25) is 14.3 Å². The molecule has 1 aliphatic heterocycles. The number of nitrogens with two attached hydrogens (primary N) is 1. The van der Waals surface area contributed by atoms with Crippen LogP contribution in [0.2, 0.25) is 0 Å². The molecule has 3 heterocycles. The molecule has 0 unspecified atom stereocenters. The molecule has 1 fully saturated rings. The lowest BCUT2D eigenvalue weighted by molar-refractivity contribution is -0.0711. The van der Waals surface area contributed by atoms with E-state index in [9.17, 15) is 9.90 Å². The molecule has 10 heteroatoms. The number of methoxy groups -OCH3 is 1. The summed E-state index contributed by atoms with van der Waals surface area (Å²) in [6.07, 6.45) is -1.55. The van der Waals surface area contributed by atoms with Gasteiger partial charge in [0.1, 0.15) is 18.3 Å². The van der Waals surface area contributed by atoms with Gasteiger partial charge in [0, 0.05) is 7.11 Å². The molecule has 1 saturated heterocycles. The minimum Gasteiger partial charge on any atom is -0.387 e. The topological polar surface area (TPSA) is 138 Å². The van der Waals surface area contributed by atoms with Gasteiger partial charge in [0.25, 0.3) is 5.56 Å². The normalized spacial score (nSPS) is 24.8. The Kier molecular flexibility index (Phi) is 5.09. The van der Waals surface area contributed by atoms with Crippen molar-refractivity contribution in [2.75, 3.05) is 19.5 Å². The zero-order chi connectivity index (χ0) is 19.7. The fraction of sp³-hybridized carbons (Fsp3) is 0.389. The van der Waals surface area contributed by atoms with Gasteiger partial charge in [-0.25, -0.2) is 4.98 Å². The monoisotopic (exact) mass is 387 g/mol. The van der Waals surface area contributed by atoms with Gasteiger partial charge in [-0.2, -0.15) is 4.98 Å². The highest BCUT2D eigenvalue weighted by Crippen LogP contribution is 2.33. The Morgan fingerprint density at radius 1 is 1.36 bits per heavy atom. The minimum atomic E-state index is -0.928. The molecule has 1 aliphatic rings. The summed E-state index contributed by atoms with van der Waals surface area (Å²) in [7, 11) is 1.48. The number of hydrogen-bond acceptors (Lipinski definition) is 8. The highest BCUT2D eigenvalue weighted by atomic mass is 16.6. The number of H-pyrrole nitrogens is 1. The molecule has 3 aromatic rings. The fourth-order valence-electron chi connectivity index (χ4n) is 3.33. The van der Waals surface area contributed by atoms with Gasteiger partial charge in [-0.05, 0) is 5.56 Å². The van der Waals surface area contributed by atoms with Gasteiger partial charge in [0.15, 0.2) is 17.4 Å². The third kappa shape index (κ3) is 3.38. The fourth-order valence-corrected chi connectivity index (χ4v) is 3.33. The summed E-state index contributed by atoms with van der Waals surface area (Å²) < 4.78 is 18.7. The second kappa shape index (κ2) is 7.68. The largest absolute Gasteiger partial charge is 0.387 e. The number of nitrogens with zero attached hydrogens (tertiary/aromatic N) is 3. The van der Waals surface area contributed by atoms with Crippen molar-refractivity contribution in [1.29, 1.82) is 0 Å². The van der Waals surface area contributed by atoms with Crippen LogP contribution in [0.15, 0.2) is 41.5 Å². The Bertz CT molecular complexity index is 1000. The van der Waals surface area contributed by atoms with E-state index < -0.39 is 30.1 Å². The average Bonchev–Trinajstić information content (AvgIpc) is 3.24. The predicted molar refractivity (Wildman–Crippen MR) is 99.4 cm³/mol. The summed E-state index contributed by atoms with van der Waals surface area (Å²) in [5.74, 6) is -0.0329. The van der Waals surface area contributed by atoms with Crippen molar-refractivity contribution >= 4 is 17.1 Å². The number of fused-ring (bicyclic) bond motifs is 1. The molecule has 0 aliphatic carbocycles. The van der Waals surface area contributed by atoms with Gasteiger partial charge in [0.05, 0.1) is 19.5 Å². The Balaban J connectivity index is 1.53. The van der Waals surface area contributed by atoms with Crippen LogP contribution in [0.25, 0.3) is 11.2 Å². The van der Waals surface area contributed by atoms with Crippen molar-refractivity contribution in [2.45, 2.75) is 31.1 Å². The van der Waals surface area contributed by atoms with Crippen molar-refractivity contribution < 1.29 is 19.3 Å². The van der Waals surface area contributed by atoms with Crippen molar-refractivity contribution in [1.82, 2.24) is 19.5 Å². The van der Waals surface area contributed by atoms with E-state index in [0.29, 0.717) is 6.61 Å². The van der Waals surface area contributed by atoms with Crippen LogP contribution in [0.4, 0.5) is 5.95 Å². The number of anilines is 1. The molecule has 4 rings (SSSR count). The maximum atomic E-state index is 12.0. The molecule has 1 aromatic carbocycles. The summed E-state index contributed by atoms with van der Waals surface area (Å²) in [6.45, 7) is 0.576. The first-order chi connectivity index (χ1) is 13.6. The highest BCUT2D eigenvalue weighted by molar-refractivity contribution is 5.70. The number of rotatable bonds is 6. The van der Waals surface area contributed by atoms with Crippen LogP contribution < -0.4 is 11.3 Å². The van der Waals surface area contributed by atoms with E-state index in [1.165, 1.54) is 18.0 Å². The van der Waals surface area contributed by atoms with Crippen LogP contribution >= 0.6 is 0 Å². The van der Waals surface area contributed by atoms with Crippen molar-refractivity contribution in [2.24, 2.45) is 0 Å². The molecule has 4 N–H and O–H groups in total. The number of aliphatic hydroxyl groups excluding tert-OH is 1. The van der Waals surface area contributed by atoms with Crippen molar-refractivity contribution in [3.63, 3.8) is 0 Å². The standard InChI is InChI=1S/C18H21N5O5/c1-26-14-13(24)11(8-27-7-10-5-3-2-4-6-10)28-17(14)23-9-20-12-15(23)21-18(19)22-16(12)25/h2-6,9,11,13-14,17,24H,7-8H2,1H3,(H3,19,21,22,25)/t11-,13-,14-,17-/m1/s1. The molecule has 0 radical (unpaired) electrons. The number of aliphatic hydroxyl groups is 1. The molecule has 148 valence electrons. The molecule has 10 nitrogen and oxygen atoms in total. The highest BCUT2D eigenvalue weighted by Gasteiger charge is 2.45. The number of benzene rings is 1. The van der Waals surface area contributed by atoms with E-state index in [-0.39, 0.29) is 23.7 Å². The van der Waals surface area contributed by atoms with E-state index in [4.69, 9.17) is 19.9 Å². The molecule has 4 atom stereocenters. The Morgan fingerprint density at radius 3 is 2.89 bits per heavy atom. The van der Waals surface area contributed by atoms with Gasteiger partial charge >= 0.3 is 0 Å². The number of aromatic nitrogens is 4. The smallest absolute Gasteiger partial charge is 0.280 e. The molecular weight excluding hydrogens is 366 g/mol. The summed E-state index contributed by atoms with van der Waals surface area (Å²) in [5, 5.41) is 10.6. The van der Waals surface area contributed by atoms with E-state index in [1.54, 1.807) is 0 Å². The van der Waals surface area contributed by atoms with Gasteiger partial charge in [-0.1, -0.05) is 30.3 Å². The number of aromatic amines is 1. The van der Waals surface area contributed by atoms with Crippen LogP contribution in [0.1, 0.15) is 11.8 Å². The van der Waals surface area contributed by atoms with E-state index >= 15 is 0 Å². The third-order valence-corrected chi connectivity index (χ3v) is 4.70. The van der Waals surface area contributed by atoms with Gasteiger partial charge < -0.3 is 25.1 Å². The molecule has 28 heavy (non-hydrogen) atoms. The average molecular weight is 387 g/mol. The Morgan fingerprint density at radius 2 is 2.14 bits per heavy atom. The van der Waals surface area contributed by atoms with Gasteiger partial charge in [-0.15, -0.1) is 0 Å². The molecule has 0 spiro atoms. The van der Waals surface area contributed by atoms with E-state index in [1.807, 2.05) is 30.3 Å². The zero-order valence-electron chi connectivity index (χ0n) is 15.2. The first kappa shape index (κ1) is 18.6. The first-order valence-corrected chi connectivity index (χ1v) is 8.79. The van der Waals surface area contributed by atoms with E-state index in [0.717, 1.165) is 5.56 Å². The molecule has 0 amide bonds. The van der Waals surface area contributed by atoms with Crippen LogP contribution in [0, 0.1) is 0 Å². The SMILES string of the molecule is CO[C@@H]1[C@H](O)[C@@H](COCc2ccccc2)O[C@H]1n1cnc2c(=O)[nH]c(N)nc21. The van der Waals surface area contributed by atoms with Crippen LogP contribution in [-0.4, -0.2) is 56.7 Å². The number of ether oxygens (including phenoxy) is 3. The number of imidazole rings is 1. The Labute approximate surface area is 159 Å². The summed E-state index contributed by atoms with van der Waals surface area (Å²) in [4.78, 5) is 22.6. The third-order valence-electron chi connectivity index (χ3n) is 4.70. The zero-order valence-corrected chi connectivity index (χ0v) is 15.2. The van der Waals surface area contributed by atoms with Crippen LogP contribution in [-0.2, 0) is 20.8 Å². The minimum absolute atomic E-state index is 0.0329. The molecule has 0 saturated carbocycles. The maximum Gasteiger partial charge on any atom is 0.280 e. The molecule has 0 bridgehead atoms. The second-order valence-corrected chi connectivity index (χ2v) is 6.53. The quantitative estimate of drug-likeness (QED) is 0.545. The lowest BCUT2D eigenvalue weighted by Crippen LogP contribution is -2.35. The summed E-state index contributed by atoms with van der Waals surface area (Å²) in [5.41, 5.74) is 6.61. The molecule has 2 aromatic heterocycles. The van der Waals surface area contributed by atoms with Gasteiger partial charge in [0.2, 0.25) is 5.95 Å². The second-order valence-electron chi connectivity index (χ2n) is 6.53. The van der Waals surface area contributed by atoms with Crippen LogP contribution in [0.5, 0.6) is 0 Å². The van der Waals surface area contributed by atoms with E-state index in [2.05, 4.69) is 15.0 Å². The van der Waals surface area contributed by atoms with Crippen molar-refractivity contribution in [3.8, 4) is 0 Å². The Hall–Kier alpha value is -2.79. The van der Waals surface area contributed by atoms with Crippen LogP contribution in [0.3, 0.4) is 0 Å². The number of hydrogen-bond donors (Lipinski definition) is 3. The summed E-state index contributed by atoms with van der Waals surface area (Å²) in [6, 6.07) is 9.71.